The second-order valence-corrected chi connectivity index (χ2v) is 8.53. The summed E-state index contributed by atoms with van der Waals surface area (Å²) in [5, 5.41) is 9.27. The molecule has 1 aliphatic rings. The van der Waals surface area contributed by atoms with Crippen LogP contribution in [0.1, 0.15) is 25.7 Å². The number of rotatable bonds is 7. The van der Waals surface area contributed by atoms with Gasteiger partial charge in [-0.15, -0.1) is 10.2 Å². The fraction of sp³-hybridized carbons (Fsp3) is 0.333. The Hall–Kier alpha value is -3.13. The van der Waals surface area contributed by atoms with Gasteiger partial charge in [-0.25, -0.2) is 0 Å². The minimum atomic E-state index is -0.443. The molecule has 0 bridgehead atoms. The predicted octanol–water partition coefficient (Wildman–Crippen LogP) is 3.97. The van der Waals surface area contributed by atoms with Gasteiger partial charge in [0.25, 0.3) is 5.91 Å². The number of benzene rings is 2. The van der Waals surface area contributed by atoms with Crippen molar-refractivity contribution in [3.63, 3.8) is 0 Å². The van der Waals surface area contributed by atoms with Gasteiger partial charge in [-0.05, 0) is 25.0 Å². The molecule has 0 unspecified atom stereocenters. The number of carbonyl (C=O) groups is 2. The third kappa shape index (κ3) is 5.56. The first-order chi connectivity index (χ1) is 15.7. The molecule has 4 rings (SSSR count). The van der Waals surface area contributed by atoms with Gasteiger partial charge < -0.3 is 9.64 Å². The van der Waals surface area contributed by atoms with E-state index in [9.17, 15) is 9.59 Å². The molecule has 2 aromatic carbocycles. The van der Waals surface area contributed by atoms with Gasteiger partial charge in [-0.3, -0.25) is 14.2 Å². The van der Waals surface area contributed by atoms with Crippen molar-refractivity contribution < 1.29 is 14.3 Å². The monoisotopic (exact) mass is 450 g/mol. The topological polar surface area (TPSA) is 77.3 Å². The smallest absolute Gasteiger partial charge is 0.316 e. The molecule has 2 heterocycles. The summed E-state index contributed by atoms with van der Waals surface area (Å²) in [5.74, 6) is 0.183. The molecule has 0 atom stereocenters. The predicted molar refractivity (Wildman–Crippen MR) is 124 cm³/mol. The summed E-state index contributed by atoms with van der Waals surface area (Å²) in [5.41, 5.74) is 1.84. The lowest BCUT2D eigenvalue weighted by atomic mass is 10.2. The zero-order valence-corrected chi connectivity index (χ0v) is 18.7. The van der Waals surface area contributed by atoms with Crippen molar-refractivity contribution in [2.45, 2.75) is 30.8 Å². The number of carbonyl (C=O) groups excluding carboxylic acids is 2. The van der Waals surface area contributed by atoms with E-state index in [1.165, 1.54) is 11.8 Å². The zero-order chi connectivity index (χ0) is 22.2. The number of ether oxygens (including phenoxy) is 1. The van der Waals surface area contributed by atoms with E-state index in [-0.39, 0.29) is 18.3 Å². The normalized spacial score (nSPS) is 14.1. The van der Waals surface area contributed by atoms with Crippen LogP contribution in [-0.4, -0.2) is 57.0 Å². The van der Waals surface area contributed by atoms with Crippen LogP contribution < -0.4 is 0 Å². The highest BCUT2D eigenvalue weighted by Gasteiger charge is 2.19. The number of aromatic nitrogens is 3. The molecular weight excluding hydrogens is 424 g/mol. The van der Waals surface area contributed by atoms with Gasteiger partial charge in [0.15, 0.2) is 17.6 Å². The fourth-order valence-electron chi connectivity index (χ4n) is 3.67. The number of likely N-dealkylation sites (tertiary alicyclic amines) is 1. The van der Waals surface area contributed by atoms with Crippen LogP contribution in [0.4, 0.5) is 0 Å². The van der Waals surface area contributed by atoms with Crippen LogP contribution >= 0.6 is 11.8 Å². The van der Waals surface area contributed by atoms with E-state index in [2.05, 4.69) is 10.2 Å². The number of nitrogens with zero attached hydrogens (tertiary/aromatic N) is 4. The summed E-state index contributed by atoms with van der Waals surface area (Å²) in [6, 6.07) is 19.6. The molecule has 0 spiro atoms. The molecule has 0 N–H and O–H groups in total. The Kier molecular flexibility index (Phi) is 7.55. The Morgan fingerprint density at radius 1 is 0.875 bits per heavy atom. The van der Waals surface area contributed by atoms with E-state index >= 15 is 0 Å². The molecule has 32 heavy (non-hydrogen) atoms. The average Bonchev–Trinajstić information content (AvgIpc) is 3.07. The number of hydrogen-bond acceptors (Lipinski definition) is 6. The van der Waals surface area contributed by atoms with Crippen LogP contribution in [0.3, 0.4) is 0 Å². The van der Waals surface area contributed by atoms with E-state index in [0.29, 0.717) is 11.0 Å². The number of thioether (sulfide) groups is 1. The van der Waals surface area contributed by atoms with Crippen molar-refractivity contribution in [2.24, 2.45) is 0 Å². The average molecular weight is 451 g/mol. The molecule has 0 radical (unpaired) electrons. The minimum absolute atomic E-state index is 0.0486. The largest absolute Gasteiger partial charge is 0.455 e. The van der Waals surface area contributed by atoms with Crippen LogP contribution in [0.25, 0.3) is 17.1 Å². The lowest BCUT2D eigenvalue weighted by Crippen LogP contribution is -2.35. The molecule has 1 amide bonds. The quantitative estimate of drug-likeness (QED) is 0.400. The van der Waals surface area contributed by atoms with Crippen molar-refractivity contribution in [1.82, 2.24) is 19.7 Å². The van der Waals surface area contributed by atoms with Gasteiger partial charge in [-0.1, -0.05) is 73.1 Å². The van der Waals surface area contributed by atoms with Crippen LogP contribution in [0, 0.1) is 0 Å². The number of amides is 1. The zero-order valence-electron chi connectivity index (χ0n) is 17.9. The fourth-order valence-corrected chi connectivity index (χ4v) is 4.42. The van der Waals surface area contributed by atoms with E-state index in [1.807, 2.05) is 65.2 Å². The first-order valence-corrected chi connectivity index (χ1v) is 11.8. The molecule has 0 aliphatic carbocycles. The Morgan fingerprint density at radius 3 is 2.22 bits per heavy atom. The minimum Gasteiger partial charge on any atom is -0.455 e. The summed E-state index contributed by atoms with van der Waals surface area (Å²) in [6.07, 6.45) is 4.31. The Balaban J connectivity index is 1.41. The van der Waals surface area contributed by atoms with E-state index in [1.54, 1.807) is 4.90 Å². The molecule has 1 fully saturated rings. The van der Waals surface area contributed by atoms with Gasteiger partial charge in [0.05, 0.1) is 5.75 Å². The maximum atomic E-state index is 12.3. The number of para-hydroxylation sites is 1. The van der Waals surface area contributed by atoms with Crippen LogP contribution in [0.2, 0.25) is 0 Å². The van der Waals surface area contributed by atoms with E-state index in [4.69, 9.17) is 4.74 Å². The second kappa shape index (κ2) is 10.9. The van der Waals surface area contributed by atoms with Crippen molar-refractivity contribution in [3.8, 4) is 17.1 Å². The maximum absolute atomic E-state index is 12.3. The molecular formula is C24H26N4O3S. The van der Waals surface area contributed by atoms with Gasteiger partial charge in [-0.2, -0.15) is 0 Å². The molecule has 1 aromatic heterocycles. The standard InChI is InChI=1S/C24H26N4O3S/c29-21(27-15-9-1-2-10-16-27)17-31-22(30)18-32-24-26-25-23(19-11-5-3-6-12-19)28(24)20-13-7-4-8-14-20/h3-8,11-14H,1-2,9-10,15-18H2. The summed E-state index contributed by atoms with van der Waals surface area (Å²) in [7, 11) is 0. The molecule has 1 aliphatic heterocycles. The number of esters is 1. The van der Waals surface area contributed by atoms with Crippen molar-refractivity contribution in [3.05, 3.63) is 60.7 Å². The highest BCUT2D eigenvalue weighted by molar-refractivity contribution is 7.99. The van der Waals surface area contributed by atoms with Gasteiger partial charge in [0.2, 0.25) is 0 Å². The van der Waals surface area contributed by atoms with Crippen LogP contribution in [0.15, 0.2) is 65.8 Å². The van der Waals surface area contributed by atoms with Gasteiger partial charge in [0, 0.05) is 24.3 Å². The molecule has 3 aromatic rings. The highest BCUT2D eigenvalue weighted by Crippen LogP contribution is 2.27. The Morgan fingerprint density at radius 2 is 1.53 bits per heavy atom. The molecule has 8 heteroatoms. The van der Waals surface area contributed by atoms with E-state index < -0.39 is 5.97 Å². The summed E-state index contributed by atoms with van der Waals surface area (Å²) in [4.78, 5) is 26.5. The first-order valence-electron chi connectivity index (χ1n) is 10.8. The van der Waals surface area contributed by atoms with Crippen molar-refractivity contribution in [2.75, 3.05) is 25.4 Å². The molecule has 1 saturated heterocycles. The maximum Gasteiger partial charge on any atom is 0.316 e. The Bertz CT molecular complexity index is 1030. The second-order valence-electron chi connectivity index (χ2n) is 7.59. The van der Waals surface area contributed by atoms with Crippen molar-refractivity contribution >= 4 is 23.6 Å². The lowest BCUT2D eigenvalue weighted by molar-refractivity contribution is -0.149. The number of hydrogen-bond donors (Lipinski definition) is 0. The van der Waals surface area contributed by atoms with Crippen LogP contribution in [-0.2, 0) is 14.3 Å². The third-order valence-corrected chi connectivity index (χ3v) is 6.22. The van der Waals surface area contributed by atoms with Gasteiger partial charge in [0.1, 0.15) is 0 Å². The summed E-state index contributed by atoms with van der Waals surface area (Å²) >= 11 is 1.25. The first kappa shape index (κ1) is 22.1. The molecule has 166 valence electrons. The Labute approximate surface area is 191 Å². The van der Waals surface area contributed by atoms with Crippen LogP contribution in [0.5, 0.6) is 0 Å². The summed E-state index contributed by atoms with van der Waals surface area (Å²) in [6.45, 7) is 1.28. The lowest BCUT2D eigenvalue weighted by Gasteiger charge is -2.19. The summed E-state index contributed by atoms with van der Waals surface area (Å²) < 4.78 is 7.17. The van der Waals surface area contributed by atoms with E-state index in [0.717, 1.165) is 50.0 Å². The van der Waals surface area contributed by atoms with Crippen molar-refractivity contribution in [1.29, 1.82) is 0 Å². The SMILES string of the molecule is O=C(CSc1nnc(-c2ccccc2)n1-c1ccccc1)OCC(=O)N1CCCCCC1. The molecule has 0 saturated carbocycles. The third-order valence-electron chi connectivity index (χ3n) is 5.31. The van der Waals surface area contributed by atoms with Gasteiger partial charge >= 0.3 is 5.97 Å². The molecule has 7 nitrogen and oxygen atoms in total. The highest BCUT2D eigenvalue weighted by atomic mass is 32.2.